The summed E-state index contributed by atoms with van der Waals surface area (Å²) in [5, 5.41) is 1.08. The molecule has 1 nitrogen and oxygen atoms in total. The zero-order valence-electron chi connectivity index (χ0n) is 17.4. The van der Waals surface area contributed by atoms with Crippen LogP contribution in [0.5, 0.6) is 0 Å². The number of aryl methyl sites for hydroxylation is 3. The first-order valence-corrected chi connectivity index (χ1v) is 11.0. The van der Waals surface area contributed by atoms with Crippen molar-refractivity contribution in [3.8, 4) is 32.8 Å². The molecule has 0 aliphatic rings. The second kappa shape index (κ2) is 7.55. The number of hydrogen-bond acceptors (Lipinski definition) is 2. The molecule has 0 N–H and O–H groups in total. The third-order valence-corrected chi connectivity index (χ3v) is 6.55. The minimum Gasteiger partial charge on any atom is -0.235 e. The maximum absolute atomic E-state index is 5.11. The molecule has 0 aliphatic heterocycles. The Hall–Kier alpha value is -3.23. The molecular formula is C28H23NS. The van der Waals surface area contributed by atoms with Crippen molar-refractivity contribution in [2.24, 2.45) is 0 Å². The lowest BCUT2D eigenvalue weighted by molar-refractivity contribution is 1.38. The van der Waals surface area contributed by atoms with E-state index in [9.17, 15) is 0 Å². The second-order valence-corrected chi connectivity index (χ2v) is 8.98. The minimum atomic E-state index is 1.08. The topological polar surface area (TPSA) is 12.9 Å². The molecule has 0 aliphatic carbocycles. The molecule has 5 aromatic rings. The van der Waals surface area contributed by atoms with Gasteiger partial charge in [0.1, 0.15) is 5.01 Å². The van der Waals surface area contributed by atoms with E-state index in [1.165, 1.54) is 49.2 Å². The third kappa shape index (κ3) is 3.44. The summed E-state index contributed by atoms with van der Waals surface area (Å²) >= 11 is 1.78. The van der Waals surface area contributed by atoms with E-state index >= 15 is 0 Å². The third-order valence-electron chi connectivity index (χ3n) is 5.51. The quantitative estimate of drug-likeness (QED) is 0.295. The Labute approximate surface area is 181 Å². The number of nitrogens with zero attached hydrogens (tertiary/aromatic N) is 1. The number of benzene rings is 4. The molecule has 0 fully saturated rings. The molecule has 1 aromatic heterocycles. The first-order valence-electron chi connectivity index (χ1n) is 10.2. The van der Waals surface area contributed by atoms with Crippen LogP contribution in [0, 0.1) is 20.8 Å². The summed E-state index contributed by atoms with van der Waals surface area (Å²) in [5.41, 5.74) is 11.0. The largest absolute Gasteiger partial charge is 0.235 e. The Morgan fingerprint density at radius 2 is 1.27 bits per heavy atom. The summed E-state index contributed by atoms with van der Waals surface area (Å²) in [7, 11) is 0. The summed E-state index contributed by atoms with van der Waals surface area (Å²) < 4.78 is 1.23. The van der Waals surface area contributed by atoms with Crippen LogP contribution in [0.1, 0.15) is 16.7 Å². The lowest BCUT2D eigenvalue weighted by Crippen LogP contribution is -1.87. The molecule has 146 valence electrons. The molecule has 0 unspecified atom stereocenters. The van der Waals surface area contributed by atoms with Gasteiger partial charge in [-0.1, -0.05) is 83.9 Å². The number of hydrogen-bond donors (Lipinski definition) is 0. The smallest absolute Gasteiger partial charge is 0.124 e. The van der Waals surface area contributed by atoms with Crippen molar-refractivity contribution < 1.29 is 0 Å². The summed E-state index contributed by atoms with van der Waals surface area (Å²) in [6.45, 7) is 6.48. The Balaban J connectivity index is 1.79. The van der Waals surface area contributed by atoms with Crippen LogP contribution in [-0.2, 0) is 0 Å². The molecule has 0 amide bonds. The Morgan fingerprint density at radius 3 is 2.00 bits per heavy atom. The maximum atomic E-state index is 5.11. The average Bonchev–Trinajstić information content (AvgIpc) is 3.17. The Kier molecular flexibility index (Phi) is 4.72. The molecule has 0 saturated carbocycles. The Morgan fingerprint density at radius 1 is 0.600 bits per heavy atom. The fourth-order valence-corrected chi connectivity index (χ4v) is 5.23. The van der Waals surface area contributed by atoms with Gasteiger partial charge in [0.05, 0.1) is 10.2 Å². The van der Waals surface area contributed by atoms with E-state index in [2.05, 4.69) is 106 Å². The van der Waals surface area contributed by atoms with Crippen molar-refractivity contribution in [3.63, 3.8) is 0 Å². The molecule has 0 bridgehead atoms. The first-order chi connectivity index (χ1) is 14.6. The molecule has 1 heterocycles. The monoisotopic (exact) mass is 405 g/mol. The van der Waals surface area contributed by atoms with Gasteiger partial charge in [-0.05, 0) is 55.2 Å². The van der Waals surface area contributed by atoms with Gasteiger partial charge in [0, 0.05) is 11.1 Å². The highest BCUT2D eigenvalue weighted by molar-refractivity contribution is 7.21. The lowest BCUT2D eigenvalue weighted by atomic mass is 9.96. The summed E-state index contributed by atoms with van der Waals surface area (Å²) in [4.78, 5) is 5.11. The average molecular weight is 406 g/mol. The van der Waals surface area contributed by atoms with E-state index in [0.717, 1.165) is 10.5 Å². The second-order valence-electron chi connectivity index (χ2n) is 7.95. The molecule has 4 aromatic carbocycles. The molecule has 0 spiro atoms. The molecular weight excluding hydrogens is 382 g/mol. The fraction of sp³-hybridized carbons (Fsp3) is 0.107. The number of aromatic nitrogens is 1. The molecule has 30 heavy (non-hydrogen) atoms. The lowest BCUT2D eigenvalue weighted by Gasteiger charge is -2.09. The van der Waals surface area contributed by atoms with Gasteiger partial charge in [-0.3, -0.25) is 0 Å². The van der Waals surface area contributed by atoms with Gasteiger partial charge in [0.15, 0.2) is 0 Å². The predicted molar refractivity (Wildman–Crippen MR) is 130 cm³/mol. The minimum absolute atomic E-state index is 1.08. The van der Waals surface area contributed by atoms with Crippen LogP contribution in [0.25, 0.3) is 43.0 Å². The standard InChI is InChI=1S/C28H23NS/c1-18-13-19(2)15-22(14-18)23-16-25(21-10-5-4-6-11-21)27-26(17-23)30-28(29-27)24-12-8-7-9-20(24)3/h4-17H,1-3H3. The van der Waals surface area contributed by atoms with Crippen molar-refractivity contribution >= 4 is 21.6 Å². The molecule has 5 rings (SSSR count). The van der Waals surface area contributed by atoms with Crippen LogP contribution in [0.15, 0.2) is 84.9 Å². The van der Waals surface area contributed by atoms with Crippen molar-refractivity contribution in [2.75, 3.05) is 0 Å². The van der Waals surface area contributed by atoms with Gasteiger partial charge < -0.3 is 0 Å². The van der Waals surface area contributed by atoms with Crippen molar-refractivity contribution in [3.05, 3.63) is 102 Å². The van der Waals surface area contributed by atoms with Gasteiger partial charge in [-0.15, -0.1) is 11.3 Å². The molecule has 0 radical (unpaired) electrons. The first kappa shape index (κ1) is 18.8. The van der Waals surface area contributed by atoms with Gasteiger partial charge in [0.25, 0.3) is 0 Å². The molecule has 0 saturated heterocycles. The van der Waals surface area contributed by atoms with Crippen molar-refractivity contribution in [2.45, 2.75) is 20.8 Å². The van der Waals surface area contributed by atoms with Crippen LogP contribution < -0.4 is 0 Å². The predicted octanol–water partition coefficient (Wildman–Crippen LogP) is 8.22. The number of thiazole rings is 1. The van der Waals surface area contributed by atoms with Gasteiger partial charge in [-0.2, -0.15) is 0 Å². The SMILES string of the molecule is Cc1cc(C)cc(-c2cc(-c3ccccc3)c3nc(-c4ccccc4C)sc3c2)c1. The van der Waals surface area contributed by atoms with E-state index in [-0.39, 0.29) is 0 Å². The number of rotatable bonds is 3. The van der Waals surface area contributed by atoms with Gasteiger partial charge in [-0.25, -0.2) is 4.98 Å². The zero-order chi connectivity index (χ0) is 20.7. The van der Waals surface area contributed by atoms with Crippen LogP contribution in [-0.4, -0.2) is 4.98 Å². The van der Waals surface area contributed by atoms with Crippen LogP contribution in [0.4, 0.5) is 0 Å². The van der Waals surface area contributed by atoms with E-state index in [1.807, 2.05) is 0 Å². The normalized spacial score (nSPS) is 11.2. The highest BCUT2D eigenvalue weighted by Gasteiger charge is 2.15. The van der Waals surface area contributed by atoms with E-state index in [4.69, 9.17) is 4.98 Å². The zero-order valence-corrected chi connectivity index (χ0v) is 18.3. The van der Waals surface area contributed by atoms with Crippen LogP contribution in [0.2, 0.25) is 0 Å². The van der Waals surface area contributed by atoms with E-state index in [0.29, 0.717) is 0 Å². The maximum Gasteiger partial charge on any atom is 0.124 e. The van der Waals surface area contributed by atoms with Gasteiger partial charge >= 0.3 is 0 Å². The summed E-state index contributed by atoms with van der Waals surface area (Å²) in [5.74, 6) is 0. The summed E-state index contributed by atoms with van der Waals surface area (Å²) in [6.07, 6.45) is 0. The molecule has 2 heteroatoms. The number of fused-ring (bicyclic) bond motifs is 1. The van der Waals surface area contributed by atoms with Crippen molar-refractivity contribution in [1.29, 1.82) is 0 Å². The highest BCUT2D eigenvalue weighted by atomic mass is 32.1. The Bertz CT molecular complexity index is 1340. The van der Waals surface area contributed by atoms with E-state index in [1.54, 1.807) is 11.3 Å². The fourth-order valence-electron chi connectivity index (χ4n) is 4.10. The van der Waals surface area contributed by atoms with Crippen LogP contribution >= 0.6 is 11.3 Å². The van der Waals surface area contributed by atoms with Gasteiger partial charge in [0.2, 0.25) is 0 Å². The summed E-state index contributed by atoms with van der Waals surface area (Å²) in [6, 6.07) is 30.5. The van der Waals surface area contributed by atoms with Crippen molar-refractivity contribution in [1.82, 2.24) is 4.98 Å². The highest BCUT2D eigenvalue weighted by Crippen LogP contribution is 2.40. The van der Waals surface area contributed by atoms with E-state index < -0.39 is 0 Å². The van der Waals surface area contributed by atoms with Crippen LogP contribution in [0.3, 0.4) is 0 Å². The molecule has 0 atom stereocenters.